The molecule has 1 heterocycles. The molecule has 2 aromatic carbocycles. The Balaban J connectivity index is 1.49. The van der Waals surface area contributed by atoms with Crippen molar-refractivity contribution < 1.29 is 14.3 Å². The second-order valence-electron chi connectivity index (χ2n) is 7.25. The van der Waals surface area contributed by atoms with Crippen molar-refractivity contribution in [3.05, 3.63) is 65.7 Å². The van der Waals surface area contributed by atoms with Gasteiger partial charge in [0.25, 0.3) is 0 Å². The maximum atomic E-state index is 12.7. The Morgan fingerprint density at radius 1 is 1.00 bits per heavy atom. The number of hydrogen-bond donors (Lipinski definition) is 0. The van der Waals surface area contributed by atoms with Crippen LogP contribution in [0.15, 0.2) is 54.6 Å². The smallest absolute Gasteiger partial charge is 0.222 e. The zero-order valence-electron chi connectivity index (χ0n) is 16.6. The number of carbonyl (C=O) groups excluding carboxylic acids is 2. The fourth-order valence-electron chi connectivity index (χ4n) is 3.61. The molecule has 1 fully saturated rings. The van der Waals surface area contributed by atoms with Gasteiger partial charge in [0.05, 0.1) is 13.2 Å². The number of amides is 1. The number of methoxy groups -OCH3 is 1. The summed E-state index contributed by atoms with van der Waals surface area (Å²) in [4.78, 5) is 29.2. The quantitative estimate of drug-likeness (QED) is 0.689. The van der Waals surface area contributed by atoms with Crippen LogP contribution < -0.4 is 4.74 Å². The minimum Gasteiger partial charge on any atom is -0.497 e. The number of piperazine rings is 1. The summed E-state index contributed by atoms with van der Waals surface area (Å²) in [6, 6.07) is 17.6. The van der Waals surface area contributed by atoms with Gasteiger partial charge in [-0.2, -0.15) is 0 Å². The van der Waals surface area contributed by atoms with Crippen LogP contribution in [0.3, 0.4) is 0 Å². The molecule has 0 N–H and O–H groups in total. The van der Waals surface area contributed by atoms with Gasteiger partial charge in [-0.3, -0.25) is 14.5 Å². The highest BCUT2D eigenvalue weighted by molar-refractivity contribution is 5.96. The molecule has 1 atom stereocenters. The molecule has 148 valence electrons. The average Bonchev–Trinajstić information content (AvgIpc) is 2.74. The third kappa shape index (κ3) is 4.98. The van der Waals surface area contributed by atoms with Crippen molar-refractivity contribution in [1.82, 2.24) is 9.80 Å². The molecule has 0 spiro atoms. The van der Waals surface area contributed by atoms with Gasteiger partial charge in [0.15, 0.2) is 5.78 Å². The molecule has 0 aromatic heterocycles. The molecule has 5 nitrogen and oxygen atoms in total. The normalized spacial score (nSPS) is 17.4. The van der Waals surface area contributed by atoms with Crippen LogP contribution in [0.1, 0.15) is 41.2 Å². The summed E-state index contributed by atoms with van der Waals surface area (Å²) >= 11 is 0. The van der Waals surface area contributed by atoms with Crippen molar-refractivity contribution in [2.45, 2.75) is 25.3 Å². The van der Waals surface area contributed by atoms with E-state index in [9.17, 15) is 9.59 Å². The zero-order chi connectivity index (χ0) is 19.9. The van der Waals surface area contributed by atoms with E-state index in [2.05, 4.69) is 24.1 Å². The minimum atomic E-state index is 0.0657. The standard InChI is InChI=1S/C23H28N2O3/c1-24-15-16-25(17-21(24)18-7-4-3-5-8-18)23(27)10-6-9-22(26)19-11-13-20(28-2)14-12-19/h3-5,7-8,11-14,21H,6,9-10,15-17H2,1-2H3. The molecular formula is C23H28N2O3. The van der Waals surface area contributed by atoms with Gasteiger partial charge in [-0.15, -0.1) is 0 Å². The molecule has 28 heavy (non-hydrogen) atoms. The van der Waals surface area contributed by atoms with Gasteiger partial charge in [-0.05, 0) is 43.3 Å². The van der Waals surface area contributed by atoms with Crippen molar-refractivity contribution >= 4 is 11.7 Å². The van der Waals surface area contributed by atoms with Crippen LogP contribution in [0.4, 0.5) is 0 Å². The molecular weight excluding hydrogens is 352 g/mol. The highest BCUT2D eigenvalue weighted by atomic mass is 16.5. The number of Topliss-reactive ketones (excluding diaryl/α,β-unsaturated/α-hetero) is 1. The summed E-state index contributed by atoms with van der Waals surface area (Å²) in [5.41, 5.74) is 1.90. The Morgan fingerprint density at radius 2 is 1.71 bits per heavy atom. The van der Waals surface area contributed by atoms with E-state index in [1.54, 1.807) is 31.4 Å². The molecule has 1 saturated heterocycles. The summed E-state index contributed by atoms with van der Waals surface area (Å²) in [7, 11) is 3.70. The van der Waals surface area contributed by atoms with Crippen LogP contribution in [0.2, 0.25) is 0 Å². The maximum Gasteiger partial charge on any atom is 0.222 e. The van der Waals surface area contributed by atoms with Crippen molar-refractivity contribution in [2.24, 2.45) is 0 Å². The van der Waals surface area contributed by atoms with Crippen molar-refractivity contribution in [3.8, 4) is 5.75 Å². The number of ether oxygens (including phenoxy) is 1. The van der Waals surface area contributed by atoms with Gasteiger partial charge < -0.3 is 9.64 Å². The molecule has 1 aliphatic rings. The van der Waals surface area contributed by atoms with Crippen LogP contribution in [0.5, 0.6) is 5.75 Å². The molecule has 0 saturated carbocycles. The number of nitrogens with zero attached hydrogens (tertiary/aromatic N) is 2. The minimum absolute atomic E-state index is 0.0657. The fourth-order valence-corrected chi connectivity index (χ4v) is 3.61. The van der Waals surface area contributed by atoms with E-state index < -0.39 is 0 Å². The van der Waals surface area contributed by atoms with Gasteiger partial charge >= 0.3 is 0 Å². The van der Waals surface area contributed by atoms with Crippen LogP contribution >= 0.6 is 0 Å². The largest absolute Gasteiger partial charge is 0.497 e. The summed E-state index contributed by atoms with van der Waals surface area (Å²) < 4.78 is 5.11. The lowest BCUT2D eigenvalue weighted by Crippen LogP contribution is -2.48. The van der Waals surface area contributed by atoms with Crippen molar-refractivity contribution in [2.75, 3.05) is 33.8 Å². The van der Waals surface area contributed by atoms with Gasteiger partial charge in [0.1, 0.15) is 5.75 Å². The number of likely N-dealkylation sites (N-methyl/N-ethyl adjacent to an activating group) is 1. The monoisotopic (exact) mass is 380 g/mol. The number of benzene rings is 2. The zero-order valence-corrected chi connectivity index (χ0v) is 16.6. The molecule has 0 radical (unpaired) electrons. The third-order valence-electron chi connectivity index (χ3n) is 5.39. The predicted molar refractivity (Wildman–Crippen MR) is 110 cm³/mol. The topological polar surface area (TPSA) is 49.9 Å². The number of hydrogen-bond acceptors (Lipinski definition) is 4. The SMILES string of the molecule is COc1ccc(C(=O)CCCC(=O)N2CCN(C)C(c3ccccc3)C2)cc1. The van der Waals surface area contributed by atoms with E-state index in [1.165, 1.54) is 5.56 Å². The van der Waals surface area contributed by atoms with Crippen LogP contribution in [-0.2, 0) is 4.79 Å². The predicted octanol–water partition coefficient (Wildman–Crippen LogP) is 3.56. The molecule has 5 heteroatoms. The summed E-state index contributed by atoms with van der Waals surface area (Å²) in [6.07, 6.45) is 1.37. The van der Waals surface area contributed by atoms with Crippen molar-refractivity contribution in [3.63, 3.8) is 0 Å². The third-order valence-corrected chi connectivity index (χ3v) is 5.39. The lowest BCUT2D eigenvalue weighted by molar-refractivity contribution is -0.134. The first kappa shape index (κ1) is 20.1. The molecule has 1 aliphatic heterocycles. The first-order valence-corrected chi connectivity index (χ1v) is 9.78. The van der Waals surface area contributed by atoms with Gasteiger partial charge in [-0.25, -0.2) is 0 Å². The Morgan fingerprint density at radius 3 is 2.39 bits per heavy atom. The lowest BCUT2D eigenvalue weighted by Gasteiger charge is -2.39. The fraction of sp³-hybridized carbons (Fsp3) is 0.391. The van der Waals surface area contributed by atoms with E-state index in [-0.39, 0.29) is 17.7 Å². The summed E-state index contributed by atoms with van der Waals surface area (Å²) in [5, 5.41) is 0. The Labute approximate surface area is 166 Å². The maximum absolute atomic E-state index is 12.7. The molecule has 0 bridgehead atoms. The van der Waals surface area contributed by atoms with E-state index >= 15 is 0 Å². The van der Waals surface area contributed by atoms with E-state index in [0.29, 0.717) is 31.4 Å². The molecule has 2 aromatic rings. The second-order valence-corrected chi connectivity index (χ2v) is 7.25. The van der Waals surface area contributed by atoms with Gasteiger partial charge in [-0.1, -0.05) is 30.3 Å². The number of ketones is 1. The van der Waals surface area contributed by atoms with Gasteiger partial charge in [0.2, 0.25) is 5.91 Å². The summed E-state index contributed by atoms with van der Waals surface area (Å²) in [5.74, 6) is 0.933. The van der Waals surface area contributed by atoms with Crippen molar-refractivity contribution in [1.29, 1.82) is 0 Å². The lowest BCUT2D eigenvalue weighted by atomic mass is 10.0. The highest BCUT2D eigenvalue weighted by Crippen LogP contribution is 2.24. The molecule has 0 aliphatic carbocycles. The van der Waals surface area contributed by atoms with E-state index in [4.69, 9.17) is 4.74 Å². The van der Waals surface area contributed by atoms with E-state index in [0.717, 1.165) is 18.8 Å². The number of rotatable bonds is 7. The van der Waals surface area contributed by atoms with E-state index in [1.807, 2.05) is 23.1 Å². The summed E-state index contributed by atoms with van der Waals surface area (Å²) in [6.45, 7) is 2.30. The Kier molecular flexibility index (Phi) is 6.82. The Bertz CT molecular complexity index is 789. The average molecular weight is 380 g/mol. The number of carbonyl (C=O) groups is 2. The first-order valence-electron chi connectivity index (χ1n) is 9.78. The van der Waals surface area contributed by atoms with Crippen LogP contribution in [0.25, 0.3) is 0 Å². The Hall–Kier alpha value is -2.66. The van der Waals surface area contributed by atoms with Crippen LogP contribution in [0, 0.1) is 0 Å². The second kappa shape index (κ2) is 9.51. The molecule has 1 unspecified atom stereocenters. The first-order chi connectivity index (χ1) is 13.6. The van der Waals surface area contributed by atoms with Gasteiger partial charge in [0, 0.05) is 38.0 Å². The molecule has 1 amide bonds. The molecule has 3 rings (SSSR count). The highest BCUT2D eigenvalue weighted by Gasteiger charge is 2.28. The van der Waals surface area contributed by atoms with Crippen LogP contribution in [-0.4, -0.2) is 55.3 Å².